The van der Waals surface area contributed by atoms with Gasteiger partial charge in [0, 0.05) is 18.0 Å². The molecule has 0 saturated heterocycles. The summed E-state index contributed by atoms with van der Waals surface area (Å²) in [4.78, 5) is 4.32. The summed E-state index contributed by atoms with van der Waals surface area (Å²) in [5, 5.41) is 13.4. The van der Waals surface area contributed by atoms with Gasteiger partial charge >= 0.3 is 0 Å². The largest absolute Gasteiger partial charge is 0.235 e. The predicted octanol–water partition coefficient (Wildman–Crippen LogP) is 3.66. The summed E-state index contributed by atoms with van der Waals surface area (Å²) in [6.07, 6.45) is 4.35. The van der Waals surface area contributed by atoms with E-state index < -0.39 is 5.82 Å². The van der Waals surface area contributed by atoms with Gasteiger partial charge in [0.2, 0.25) is 0 Å². The Balaban J connectivity index is 1.70. The van der Waals surface area contributed by atoms with Gasteiger partial charge in [-0.3, -0.25) is 0 Å². The number of halogens is 2. The molecule has 1 aromatic carbocycles. The van der Waals surface area contributed by atoms with E-state index in [9.17, 15) is 4.39 Å². The summed E-state index contributed by atoms with van der Waals surface area (Å²) < 4.78 is 15.4. The summed E-state index contributed by atoms with van der Waals surface area (Å²) in [7, 11) is 0. The molecule has 1 fully saturated rings. The standard InChI is InChI=1S/C16H10ClFN4/c17-15-7-13(16-20-3-4-22(16)21-15)12-6-11(12)9-1-2-10(8-19)14(18)5-9/h1-5,7,11-12H,6H2/t11-,12?/m0/s1. The van der Waals surface area contributed by atoms with Gasteiger partial charge in [-0.25, -0.2) is 13.9 Å². The van der Waals surface area contributed by atoms with Crippen molar-refractivity contribution in [3.8, 4) is 6.07 Å². The Bertz CT molecular complexity index is 928. The Kier molecular flexibility index (Phi) is 2.88. The molecule has 0 amide bonds. The highest BCUT2D eigenvalue weighted by atomic mass is 35.5. The van der Waals surface area contributed by atoms with Crippen LogP contribution in [0.25, 0.3) is 5.65 Å². The number of hydrogen-bond donors (Lipinski definition) is 0. The molecule has 1 unspecified atom stereocenters. The Morgan fingerprint density at radius 1 is 1.32 bits per heavy atom. The van der Waals surface area contributed by atoms with Crippen molar-refractivity contribution in [1.82, 2.24) is 14.6 Å². The molecular formula is C16H10ClFN4. The quantitative estimate of drug-likeness (QED) is 0.725. The number of rotatable bonds is 2. The smallest absolute Gasteiger partial charge is 0.157 e. The van der Waals surface area contributed by atoms with Crippen LogP contribution in [0.15, 0.2) is 36.7 Å². The number of aromatic nitrogens is 3. The second-order valence-corrected chi connectivity index (χ2v) is 5.80. The van der Waals surface area contributed by atoms with Crippen LogP contribution in [0, 0.1) is 17.1 Å². The third-order valence-electron chi connectivity index (χ3n) is 4.09. The number of benzene rings is 1. The molecule has 0 spiro atoms. The first-order chi connectivity index (χ1) is 10.7. The van der Waals surface area contributed by atoms with Crippen LogP contribution in [0.2, 0.25) is 5.15 Å². The van der Waals surface area contributed by atoms with Crippen LogP contribution in [0.1, 0.15) is 34.9 Å². The van der Waals surface area contributed by atoms with Crippen molar-refractivity contribution in [2.75, 3.05) is 0 Å². The average molecular weight is 313 g/mol. The molecule has 2 atom stereocenters. The SMILES string of the molecule is N#Cc1ccc([C@@H]2CC2c2cc(Cl)nn3ccnc23)cc1F. The predicted molar refractivity (Wildman–Crippen MR) is 79.2 cm³/mol. The van der Waals surface area contributed by atoms with Gasteiger partial charge in [0.25, 0.3) is 0 Å². The van der Waals surface area contributed by atoms with E-state index in [4.69, 9.17) is 16.9 Å². The van der Waals surface area contributed by atoms with Crippen LogP contribution in [0.3, 0.4) is 0 Å². The summed E-state index contributed by atoms with van der Waals surface area (Å²) >= 11 is 6.06. The van der Waals surface area contributed by atoms with Crippen LogP contribution >= 0.6 is 11.6 Å². The maximum Gasteiger partial charge on any atom is 0.157 e. The molecule has 2 heterocycles. The fraction of sp³-hybridized carbons (Fsp3) is 0.188. The Labute approximate surface area is 130 Å². The van der Waals surface area contributed by atoms with Crippen LogP contribution < -0.4 is 0 Å². The number of nitriles is 1. The lowest BCUT2D eigenvalue weighted by molar-refractivity contribution is 0.621. The first-order valence-electron chi connectivity index (χ1n) is 6.86. The van der Waals surface area contributed by atoms with Crippen molar-refractivity contribution >= 4 is 17.2 Å². The molecule has 4 nitrogen and oxygen atoms in total. The van der Waals surface area contributed by atoms with Crippen molar-refractivity contribution in [2.24, 2.45) is 0 Å². The molecule has 108 valence electrons. The van der Waals surface area contributed by atoms with Gasteiger partial charge in [0.15, 0.2) is 5.65 Å². The van der Waals surface area contributed by atoms with E-state index in [0.29, 0.717) is 5.15 Å². The van der Waals surface area contributed by atoms with E-state index in [1.165, 1.54) is 12.1 Å². The lowest BCUT2D eigenvalue weighted by Crippen LogP contribution is -1.97. The zero-order chi connectivity index (χ0) is 15.3. The normalized spacial score (nSPS) is 20.0. The summed E-state index contributed by atoms with van der Waals surface area (Å²) in [5.74, 6) is 0.00307. The maximum absolute atomic E-state index is 13.8. The van der Waals surface area contributed by atoms with Gasteiger partial charge in [0.05, 0.1) is 5.56 Å². The van der Waals surface area contributed by atoms with Crippen molar-refractivity contribution < 1.29 is 4.39 Å². The first-order valence-corrected chi connectivity index (χ1v) is 7.24. The zero-order valence-corrected chi connectivity index (χ0v) is 12.1. The van der Waals surface area contributed by atoms with Gasteiger partial charge in [-0.15, -0.1) is 0 Å². The van der Waals surface area contributed by atoms with E-state index >= 15 is 0 Å². The Hall–Kier alpha value is -2.45. The molecule has 2 aromatic heterocycles. The summed E-state index contributed by atoms with van der Waals surface area (Å²) in [6, 6.07) is 8.47. The minimum atomic E-state index is -0.468. The first kappa shape index (κ1) is 13.2. The number of hydrogen-bond acceptors (Lipinski definition) is 3. The number of imidazole rings is 1. The molecule has 1 aliphatic rings. The molecule has 22 heavy (non-hydrogen) atoms. The van der Waals surface area contributed by atoms with E-state index in [2.05, 4.69) is 10.1 Å². The van der Waals surface area contributed by atoms with Gasteiger partial charge < -0.3 is 0 Å². The lowest BCUT2D eigenvalue weighted by Gasteiger charge is -2.05. The summed E-state index contributed by atoms with van der Waals surface area (Å²) in [5.41, 5.74) is 2.79. The highest BCUT2D eigenvalue weighted by Gasteiger charge is 2.41. The van der Waals surface area contributed by atoms with Gasteiger partial charge in [-0.05, 0) is 42.0 Å². The maximum atomic E-state index is 13.8. The second-order valence-electron chi connectivity index (χ2n) is 5.42. The van der Waals surface area contributed by atoms with E-state index in [1.807, 2.05) is 18.2 Å². The molecule has 0 radical (unpaired) electrons. The van der Waals surface area contributed by atoms with Crippen LogP contribution in [0.4, 0.5) is 4.39 Å². The number of nitrogens with zero attached hydrogens (tertiary/aromatic N) is 4. The topological polar surface area (TPSA) is 54.0 Å². The molecule has 1 saturated carbocycles. The van der Waals surface area contributed by atoms with Gasteiger partial charge in [-0.1, -0.05) is 17.7 Å². The van der Waals surface area contributed by atoms with Crippen LogP contribution in [0.5, 0.6) is 0 Å². The molecule has 1 aliphatic carbocycles. The Morgan fingerprint density at radius 3 is 2.95 bits per heavy atom. The minimum absolute atomic E-state index is 0.0727. The van der Waals surface area contributed by atoms with Crippen molar-refractivity contribution in [1.29, 1.82) is 5.26 Å². The molecule has 0 aliphatic heterocycles. The van der Waals surface area contributed by atoms with Crippen molar-refractivity contribution in [2.45, 2.75) is 18.3 Å². The Morgan fingerprint density at radius 2 is 2.18 bits per heavy atom. The molecule has 6 heteroatoms. The highest BCUT2D eigenvalue weighted by molar-refractivity contribution is 6.29. The minimum Gasteiger partial charge on any atom is -0.235 e. The third-order valence-corrected chi connectivity index (χ3v) is 4.27. The number of fused-ring (bicyclic) bond motifs is 1. The molecule has 0 N–H and O–H groups in total. The van der Waals surface area contributed by atoms with E-state index in [-0.39, 0.29) is 17.4 Å². The summed E-state index contributed by atoms with van der Waals surface area (Å²) in [6.45, 7) is 0. The van der Waals surface area contributed by atoms with Crippen LogP contribution in [-0.4, -0.2) is 14.6 Å². The average Bonchev–Trinajstić information content (AvgIpc) is 3.16. The van der Waals surface area contributed by atoms with Crippen molar-refractivity contribution in [3.05, 3.63) is 64.3 Å². The third kappa shape index (κ3) is 2.04. The molecular weight excluding hydrogens is 303 g/mol. The van der Waals surface area contributed by atoms with Crippen LogP contribution in [-0.2, 0) is 0 Å². The van der Waals surface area contributed by atoms with E-state index in [0.717, 1.165) is 23.2 Å². The zero-order valence-electron chi connectivity index (χ0n) is 11.4. The second kappa shape index (κ2) is 4.79. The fourth-order valence-electron chi connectivity index (χ4n) is 2.94. The molecule has 0 bridgehead atoms. The molecule has 4 rings (SSSR count). The van der Waals surface area contributed by atoms with Gasteiger partial charge in [-0.2, -0.15) is 10.4 Å². The fourth-order valence-corrected chi connectivity index (χ4v) is 3.14. The van der Waals surface area contributed by atoms with Gasteiger partial charge in [0.1, 0.15) is 17.0 Å². The monoisotopic (exact) mass is 312 g/mol. The molecule has 3 aromatic rings. The van der Waals surface area contributed by atoms with Crippen molar-refractivity contribution in [3.63, 3.8) is 0 Å². The van der Waals surface area contributed by atoms with E-state index in [1.54, 1.807) is 16.9 Å². The highest BCUT2D eigenvalue weighted by Crippen LogP contribution is 2.55. The lowest BCUT2D eigenvalue weighted by atomic mass is 10.0.